The summed E-state index contributed by atoms with van der Waals surface area (Å²) in [6, 6.07) is 33.2. The van der Waals surface area contributed by atoms with Gasteiger partial charge in [-0.05, 0) is 280 Å². The summed E-state index contributed by atoms with van der Waals surface area (Å²) in [6.07, 6.45) is 43.8. The van der Waals surface area contributed by atoms with Crippen molar-refractivity contribution in [1.29, 1.82) is 0 Å². The van der Waals surface area contributed by atoms with Gasteiger partial charge in [0.25, 0.3) is 28.4 Å². The molecule has 8 aliphatic rings. The topological polar surface area (TPSA) is 346 Å². The number of anilines is 2. The second kappa shape index (κ2) is 35.1. The molecule has 0 spiro atoms. The van der Waals surface area contributed by atoms with Gasteiger partial charge in [0.05, 0.1) is 41.2 Å². The first-order valence-electron chi connectivity index (χ1n) is 39.8. The number of benzene rings is 7. The Bertz CT molecular complexity index is 6110. The summed E-state index contributed by atoms with van der Waals surface area (Å²) in [7, 11) is 0. The number of nitro groups is 5. The fourth-order valence-electron chi connectivity index (χ4n) is 15.7. The first-order valence-corrected chi connectivity index (χ1v) is 41.4. The lowest BCUT2D eigenvalue weighted by Gasteiger charge is -2.12. The predicted octanol–water partition coefficient (Wildman–Crippen LogP) is 22.0. The molecule has 8 aliphatic carbocycles. The molecule has 13 aromatic rings. The van der Waals surface area contributed by atoms with Crippen LogP contribution < -0.4 is 11.1 Å². The second-order valence-electron chi connectivity index (χ2n) is 31.1. The van der Waals surface area contributed by atoms with Gasteiger partial charge in [-0.2, -0.15) is 0 Å². The van der Waals surface area contributed by atoms with Crippen molar-refractivity contribution in [3.63, 3.8) is 0 Å². The molecule has 26 nitrogen and oxygen atoms in total. The monoisotopic (exact) mass is 1710 g/mol. The lowest BCUT2D eigenvalue weighted by Crippen LogP contribution is -2.03. The molecule has 600 valence electrons. The van der Waals surface area contributed by atoms with Crippen LogP contribution in [0.1, 0.15) is 185 Å². The van der Waals surface area contributed by atoms with Gasteiger partial charge in [-0.15, -0.1) is 0 Å². The van der Waals surface area contributed by atoms with Crippen LogP contribution in [-0.2, 0) is 38.5 Å². The van der Waals surface area contributed by atoms with E-state index >= 15 is 0 Å². The first-order chi connectivity index (χ1) is 57.0. The van der Waals surface area contributed by atoms with Crippen LogP contribution in [-0.4, -0.2) is 74.8 Å². The number of nitrogens with one attached hydrogen (secondary N) is 1. The van der Waals surface area contributed by atoms with Gasteiger partial charge in [-0.1, -0.05) is 69.2 Å². The summed E-state index contributed by atoms with van der Waals surface area (Å²) < 4.78 is 7.83. The molecule has 28 heteroatoms. The Hall–Kier alpha value is -12.6. The van der Waals surface area contributed by atoms with Gasteiger partial charge in [-0.3, -0.25) is 64.3 Å². The first kappa shape index (κ1) is 80.6. The average Bonchev–Trinajstić information content (AvgIpc) is 1.62. The number of halogens is 2. The fourth-order valence-corrected chi connectivity index (χ4v) is 17.0. The highest BCUT2D eigenvalue weighted by Crippen LogP contribution is 2.49. The zero-order valence-corrected chi connectivity index (χ0v) is 68.8. The Balaban J connectivity index is 0.000000109. The van der Waals surface area contributed by atoms with E-state index in [1.54, 1.807) is 73.1 Å². The number of nitrogen functional groups attached to an aromatic ring is 1. The maximum Gasteiger partial charge on any atom is 0.271 e. The van der Waals surface area contributed by atoms with Gasteiger partial charge >= 0.3 is 0 Å². The van der Waals surface area contributed by atoms with Crippen LogP contribution in [0.25, 0.3) is 62.7 Å². The number of hydrogen-bond acceptors (Lipinski definition) is 18. The highest BCUT2D eigenvalue weighted by Gasteiger charge is 2.33. The molecule has 21 rings (SSSR count). The molecule has 0 aliphatic heterocycles. The lowest BCUT2D eigenvalue weighted by molar-refractivity contribution is -0.385. The molecule has 118 heavy (non-hydrogen) atoms. The van der Waals surface area contributed by atoms with Crippen LogP contribution in [0.3, 0.4) is 0 Å². The number of nitrogens with two attached hydrogens (primary N) is 1. The van der Waals surface area contributed by atoms with E-state index in [9.17, 15) is 50.6 Å². The number of nitrogens with zero attached hydrogens (tertiary/aromatic N) is 14. The Kier molecular flexibility index (Phi) is 24.0. The molecule has 6 aromatic heterocycles. The van der Waals surface area contributed by atoms with Crippen molar-refractivity contribution in [2.24, 2.45) is 0 Å². The van der Waals surface area contributed by atoms with E-state index in [2.05, 4.69) is 126 Å². The van der Waals surface area contributed by atoms with Crippen LogP contribution in [0.2, 0.25) is 0 Å². The van der Waals surface area contributed by atoms with Crippen LogP contribution >= 0.6 is 31.9 Å². The molecule has 3 N–H and O–H groups in total. The Labute approximate surface area is 696 Å². The van der Waals surface area contributed by atoms with Gasteiger partial charge in [0, 0.05) is 159 Å². The van der Waals surface area contributed by atoms with Crippen molar-refractivity contribution in [3.8, 4) is 17.8 Å². The van der Waals surface area contributed by atoms with E-state index in [0.717, 1.165) is 170 Å². The minimum atomic E-state index is -0.378. The number of aryl methyl sites for hydroxylation is 6. The third-order valence-corrected chi connectivity index (χ3v) is 23.5. The maximum absolute atomic E-state index is 11.1. The average molecular weight is 1710 g/mol. The molecule has 6 heterocycles. The summed E-state index contributed by atoms with van der Waals surface area (Å²) >= 11 is 6.68. The van der Waals surface area contributed by atoms with Gasteiger partial charge < -0.3 is 11.1 Å². The van der Waals surface area contributed by atoms with Crippen molar-refractivity contribution >= 4 is 117 Å². The molecule has 0 unspecified atom stereocenters. The zero-order valence-electron chi connectivity index (χ0n) is 65.6. The van der Waals surface area contributed by atoms with E-state index in [0.29, 0.717) is 29.6 Å². The van der Waals surface area contributed by atoms with Crippen molar-refractivity contribution in [3.05, 3.63) is 320 Å². The summed E-state index contributed by atoms with van der Waals surface area (Å²) in [5.41, 5.74) is 29.8. The Morgan fingerprint density at radius 2 is 0.805 bits per heavy atom. The lowest BCUT2D eigenvalue weighted by atomic mass is 9.98. The van der Waals surface area contributed by atoms with Crippen molar-refractivity contribution in [2.45, 2.75) is 161 Å². The molecular formula is C90H86Br2N16O10. The molecule has 0 amide bonds. The second-order valence-corrected chi connectivity index (χ2v) is 32.8. The number of allylic oxidation sites excluding steroid dienone is 2. The van der Waals surface area contributed by atoms with Crippen molar-refractivity contribution in [2.75, 3.05) is 17.6 Å². The summed E-state index contributed by atoms with van der Waals surface area (Å²) in [5.74, 6) is 4.37. The normalized spacial score (nSPS) is 14.7. The smallest absolute Gasteiger partial charge is 0.271 e. The summed E-state index contributed by atoms with van der Waals surface area (Å²) in [5, 5.41) is 60.2. The number of fused-ring (bicyclic) bond motifs is 7. The van der Waals surface area contributed by atoms with Crippen LogP contribution in [0.4, 0.5) is 39.8 Å². The number of hydrogen-bond donors (Lipinski definition) is 2. The fraction of sp³-hybridized carbons (Fsp3) is 0.289. The van der Waals surface area contributed by atoms with Crippen LogP contribution in [0.5, 0.6) is 0 Å². The van der Waals surface area contributed by atoms with E-state index in [4.69, 9.17) is 5.73 Å². The van der Waals surface area contributed by atoms with E-state index in [-0.39, 0.29) is 53.1 Å². The SMILES string of the molecule is CCCNc1cc(C2CC2)c2c(ccn2-c2ncc(C)cn2)c1.Cc1cnc(-n2ccc3cc(N)cc(C4CC4)c32)nc1.Cc1cnc(-n2ccc3cc([N+](=O)[O-])cc(C4CC4)c32)nc1.O=[N+]([O-])c1cc(Br)c2c(c1)C=CC2.O=[N+]([O-])c1cc(Br)c2c(c1)CCC2.O=[N+]([O-])c1cc2c(c(C3CC3)c1)CC=C2.O=[N+]([O-])c1ccc2c(c1)CCC2. The third-order valence-electron chi connectivity index (χ3n) is 22.1. The molecule has 0 atom stereocenters. The molecule has 4 fully saturated rings. The molecule has 0 saturated heterocycles. The minimum Gasteiger partial charge on any atom is -0.399 e. The predicted molar refractivity (Wildman–Crippen MR) is 466 cm³/mol. The highest BCUT2D eigenvalue weighted by molar-refractivity contribution is 9.10. The van der Waals surface area contributed by atoms with Crippen LogP contribution in [0, 0.1) is 71.3 Å². The third kappa shape index (κ3) is 18.6. The molecule has 0 radical (unpaired) electrons. The molecule has 7 aromatic carbocycles. The Morgan fingerprint density at radius 3 is 1.31 bits per heavy atom. The van der Waals surface area contributed by atoms with E-state index in [1.165, 1.54) is 94.0 Å². The van der Waals surface area contributed by atoms with Crippen molar-refractivity contribution < 1.29 is 24.6 Å². The Morgan fingerprint density at radius 1 is 0.415 bits per heavy atom. The standard InChI is InChI=1S/C19H22N4.C16H14N4O2.C16H16N4.C12H11NO2.C9H8BrNO2.C9H6BrNO2.C9H9NO2/c1-3-7-20-16-9-15-6-8-23(19-21-11-13(2)12-22-19)18(15)17(10-16)14-4-5-14;1-10-8-17-16(18-9-10)19-5-4-12-6-13(20(21)22)7-14(15(12)19)11-2-3-11;1-10-8-18-16(19-9-10)20-5-4-12-6-13(17)7-14(15(12)20)11-2-3-11;14-13(15)10-6-9-2-1-3-11(9)12(7-10)8-4-5-8;2*10-9-5-7(11(12)13)4-6-2-1-3-8(6)9;11-10(12)9-5-4-7-2-1-3-8(7)6-9/h6,8-12,14,20H,3-5,7H2,1-2H3;4-9,11H,2-3H2,1H3;4-9,11H,2-3,17H2,1H3;1-2,6-8H,3-5H2;4-5H,1-3H2;1-2,4-5H,3H2;4-6H,1-3H2. The van der Waals surface area contributed by atoms with Gasteiger partial charge in [0.15, 0.2) is 0 Å². The molecular weight excluding hydrogens is 1620 g/mol. The molecule has 4 saturated carbocycles. The van der Waals surface area contributed by atoms with Crippen molar-refractivity contribution in [1.82, 2.24) is 43.6 Å². The maximum atomic E-state index is 11.1. The van der Waals surface area contributed by atoms with Gasteiger partial charge in [0.2, 0.25) is 17.8 Å². The number of rotatable bonds is 15. The zero-order chi connectivity index (χ0) is 82.6. The number of non-ortho nitro benzene ring substituents is 5. The van der Waals surface area contributed by atoms with Gasteiger partial charge in [-0.25, -0.2) is 29.9 Å². The minimum absolute atomic E-state index is 0.136. The highest BCUT2D eigenvalue weighted by atomic mass is 79.9. The summed E-state index contributed by atoms with van der Waals surface area (Å²) in [4.78, 5) is 78.3. The van der Waals surface area contributed by atoms with E-state index in [1.807, 2.05) is 98.9 Å². The molecule has 0 bridgehead atoms. The largest absolute Gasteiger partial charge is 0.399 e. The summed E-state index contributed by atoms with van der Waals surface area (Å²) in [6.45, 7) is 9.15. The van der Waals surface area contributed by atoms with Gasteiger partial charge in [0.1, 0.15) is 0 Å². The number of nitro benzene ring substituents is 5. The van der Waals surface area contributed by atoms with E-state index < -0.39 is 0 Å². The quantitative estimate of drug-likeness (QED) is 0.0547. The number of aromatic nitrogens is 9. The van der Waals surface area contributed by atoms with Crippen LogP contribution in [0.15, 0.2) is 186 Å².